The van der Waals surface area contributed by atoms with Crippen molar-refractivity contribution in [2.24, 2.45) is 0 Å². The molecular weight excluding hydrogens is 434 g/mol. The molecule has 0 unspecified atom stereocenters. The Labute approximate surface area is 200 Å². The highest BCUT2D eigenvalue weighted by Gasteiger charge is 2.34. The van der Waals surface area contributed by atoms with Gasteiger partial charge in [0.2, 0.25) is 5.91 Å². The molecule has 1 aliphatic rings. The molecule has 2 aromatic carbocycles. The monoisotopic (exact) mass is 467 g/mol. The first kappa shape index (κ1) is 25.1. The molecule has 0 aromatic heterocycles. The van der Waals surface area contributed by atoms with Crippen LogP contribution in [-0.2, 0) is 16.1 Å². The van der Waals surface area contributed by atoms with Gasteiger partial charge < -0.3 is 25.0 Å². The smallest absolute Gasteiger partial charge is 0.408 e. The molecule has 3 rings (SSSR count). The summed E-state index contributed by atoms with van der Waals surface area (Å²) in [5, 5.41) is 12.1. The highest BCUT2D eigenvalue weighted by molar-refractivity contribution is 5.94. The van der Waals surface area contributed by atoms with Crippen LogP contribution in [0.3, 0.4) is 0 Å². The van der Waals surface area contributed by atoms with E-state index in [0.29, 0.717) is 13.0 Å². The van der Waals surface area contributed by atoms with Gasteiger partial charge in [0.05, 0.1) is 6.04 Å². The van der Waals surface area contributed by atoms with Crippen LogP contribution in [0.5, 0.6) is 0 Å². The van der Waals surface area contributed by atoms with E-state index in [0.717, 1.165) is 27.9 Å². The van der Waals surface area contributed by atoms with Gasteiger partial charge in [-0.1, -0.05) is 30.3 Å². The number of nitrogens with one attached hydrogen (secondary N) is 1. The van der Waals surface area contributed by atoms with Crippen molar-refractivity contribution in [3.05, 3.63) is 53.6 Å². The summed E-state index contributed by atoms with van der Waals surface area (Å²) in [6.45, 7) is 9.26. The SMILES string of the molecule is CC(=O)N1c2ccc(-c3ccc(CN(C)C(=O)O)cc3)cc2[C@H](NC(=O)OC(C)(C)C)C[C@@H]1C. The lowest BCUT2D eigenvalue weighted by Crippen LogP contribution is -2.46. The van der Waals surface area contributed by atoms with Gasteiger partial charge in [-0.2, -0.15) is 0 Å². The van der Waals surface area contributed by atoms with Crippen LogP contribution in [0.4, 0.5) is 15.3 Å². The number of amides is 3. The van der Waals surface area contributed by atoms with E-state index >= 15 is 0 Å². The zero-order valence-corrected chi connectivity index (χ0v) is 20.6. The second-order valence-electron chi connectivity index (χ2n) is 9.78. The van der Waals surface area contributed by atoms with Gasteiger partial charge >= 0.3 is 12.2 Å². The molecule has 3 amide bonds. The van der Waals surface area contributed by atoms with E-state index in [2.05, 4.69) is 5.32 Å². The minimum absolute atomic E-state index is 0.0517. The lowest BCUT2D eigenvalue weighted by Gasteiger charge is -2.39. The molecule has 0 fully saturated rings. The normalized spacial score (nSPS) is 17.5. The zero-order chi connectivity index (χ0) is 25.2. The number of carbonyl (C=O) groups excluding carboxylic acids is 2. The molecule has 182 valence electrons. The lowest BCUT2D eigenvalue weighted by molar-refractivity contribution is -0.117. The van der Waals surface area contributed by atoms with Crippen LogP contribution in [0.1, 0.15) is 58.2 Å². The highest BCUT2D eigenvalue weighted by Crippen LogP contribution is 2.39. The number of hydrogen-bond donors (Lipinski definition) is 2. The molecule has 2 N–H and O–H groups in total. The Morgan fingerprint density at radius 1 is 1.12 bits per heavy atom. The average Bonchev–Trinajstić information content (AvgIpc) is 2.72. The van der Waals surface area contributed by atoms with Crippen molar-refractivity contribution in [3.63, 3.8) is 0 Å². The van der Waals surface area contributed by atoms with E-state index in [1.165, 1.54) is 11.9 Å². The largest absolute Gasteiger partial charge is 0.465 e. The van der Waals surface area contributed by atoms with E-state index < -0.39 is 17.8 Å². The quantitative estimate of drug-likeness (QED) is 0.646. The van der Waals surface area contributed by atoms with Crippen molar-refractivity contribution in [3.8, 4) is 11.1 Å². The summed E-state index contributed by atoms with van der Waals surface area (Å²) in [5.41, 5.74) is 3.78. The third-order valence-electron chi connectivity index (χ3n) is 5.74. The predicted molar refractivity (Wildman–Crippen MR) is 131 cm³/mol. The Hall–Kier alpha value is -3.55. The number of carboxylic acid groups (broad SMARTS) is 1. The molecule has 34 heavy (non-hydrogen) atoms. The van der Waals surface area contributed by atoms with Crippen LogP contribution >= 0.6 is 0 Å². The number of nitrogens with zero attached hydrogens (tertiary/aromatic N) is 2. The molecule has 0 aliphatic carbocycles. The Balaban J connectivity index is 1.93. The van der Waals surface area contributed by atoms with Gasteiger partial charge in [0.15, 0.2) is 0 Å². The van der Waals surface area contributed by atoms with E-state index in [-0.39, 0.29) is 18.0 Å². The van der Waals surface area contributed by atoms with Crippen LogP contribution in [0.2, 0.25) is 0 Å². The molecule has 0 radical (unpaired) electrons. The standard InChI is InChI=1S/C26H33N3O5/c1-16-13-22(27-24(31)34-26(3,4)5)21-14-20(11-12-23(21)29(16)17(2)30)19-9-7-18(8-10-19)15-28(6)25(32)33/h7-12,14,16,22H,13,15H2,1-6H3,(H,27,31)(H,32,33)/t16-,22+/m0/s1. The number of benzene rings is 2. The zero-order valence-electron chi connectivity index (χ0n) is 20.6. The van der Waals surface area contributed by atoms with Gasteiger partial charge in [0.25, 0.3) is 0 Å². The minimum Gasteiger partial charge on any atom is -0.465 e. The summed E-state index contributed by atoms with van der Waals surface area (Å²) in [7, 11) is 1.53. The molecule has 1 aliphatic heterocycles. The first-order valence-electron chi connectivity index (χ1n) is 11.3. The van der Waals surface area contributed by atoms with Gasteiger partial charge in [-0.15, -0.1) is 0 Å². The van der Waals surface area contributed by atoms with Gasteiger partial charge in [0, 0.05) is 32.2 Å². The molecule has 0 spiro atoms. The van der Waals surface area contributed by atoms with Gasteiger partial charge in [-0.05, 0) is 68.5 Å². The van der Waals surface area contributed by atoms with Gasteiger partial charge in [0.1, 0.15) is 5.60 Å². The summed E-state index contributed by atoms with van der Waals surface area (Å²) >= 11 is 0. The molecule has 0 saturated heterocycles. The van der Waals surface area contributed by atoms with E-state index in [4.69, 9.17) is 9.84 Å². The van der Waals surface area contributed by atoms with Crippen LogP contribution in [0.15, 0.2) is 42.5 Å². The maximum Gasteiger partial charge on any atom is 0.408 e. The van der Waals surface area contributed by atoms with Crippen LogP contribution < -0.4 is 10.2 Å². The second kappa shape index (κ2) is 9.75. The van der Waals surface area contributed by atoms with Crippen molar-refractivity contribution < 1.29 is 24.2 Å². The number of rotatable bonds is 4. The van der Waals surface area contributed by atoms with Crippen molar-refractivity contribution in [2.45, 2.75) is 65.3 Å². The molecule has 0 saturated carbocycles. The Morgan fingerprint density at radius 2 is 1.74 bits per heavy atom. The number of hydrogen-bond acceptors (Lipinski definition) is 4. The number of ether oxygens (including phenoxy) is 1. The van der Waals surface area contributed by atoms with Crippen LogP contribution in [-0.4, -0.2) is 46.8 Å². The van der Waals surface area contributed by atoms with Gasteiger partial charge in [-0.3, -0.25) is 4.79 Å². The van der Waals surface area contributed by atoms with Gasteiger partial charge in [-0.25, -0.2) is 9.59 Å². The van der Waals surface area contributed by atoms with E-state index in [1.807, 2.05) is 70.2 Å². The Kier molecular flexibility index (Phi) is 7.19. The fourth-order valence-corrected chi connectivity index (χ4v) is 4.25. The number of carbonyl (C=O) groups is 3. The molecule has 2 aromatic rings. The number of anilines is 1. The fraction of sp³-hybridized carbons (Fsp3) is 0.423. The summed E-state index contributed by atoms with van der Waals surface area (Å²) in [4.78, 5) is 39.0. The molecule has 1 heterocycles. The van der Waals surface area contributed by atoms with Crippen LogP contribution in [0, 0.1) is 0 Å². The highest BCUT2D eigenvalue weighted by atomic mass is 16.6. The van der Waals surface area contributed by atoms with E-state index in [1.54, 1.807) is 11.8 Å². The average molecular weight is 468 g/mol. The predicted octanol–water partition coefficient (Wildman–Crippen LogP) is 5.17. The molecule has 8 nitrogen and oxygen atoms in total. The fourth-order valence-electron chi connectivity index (χ4n) is 4.25. The summed E-state index contributed by atoms with van der Waals surface area (Å²) in [6.07, 6.45) is -0.911. The summed E-state index contributed by atoms with van der Waals surface area (Å²) < 4.78 is 5.47. The van der Waals surface area contributed by atoms with Crippen LogP contribution in [0.25, 0.3) is 11.1 Å². The Morgan fingerprint density at radius 3 is 2.29 bits per heavy atom. The van der Waals surface area contributed by atoms with Crippen molar-refractivity contribution in [1.29, 1.82) is 0 Å². The third kappa shape index (κ3) is 5.87. The van der Waals surface area contributed by atoms with E-state index in [9.17, 15) is 14.4 Å². The van der Waals surface area contributed by atoms with Crippen molar-refractivity contribution >= 4 is 23.8 Å². The van der Waals surface area contributed by atoms with Crippen molar-refractivity contribution in [2.75, 3.05) is 11.9 Å². The van der Waals surface area contributed by atoms with Crippen molar-refractivity contribution in [1.82, 2.24) is 10.2 Å². The number of fused-ring (bicyclic) bond motifs is 1. The molecular formula is C26H33N3O5. The lowest BCUT2D eigenvalue weighted by atomic mass is 9.89. The maximum absolute atomic E-state index is 12.5. The molecule has 8 heteroatoms. The maximum atomic E-state index is 12.5. The minimum atomic E-state index is -0.980. The third-order valence-corrected chi connectivity index (χ3v) is 5.74. The second-order valence-corrected chi connectivity index (χ2v) is 9.78. The number of alkyl carbamates (subject to hydrolysis) is 1. The molecule has 0 bridgehead atoms. The summed E-state index contributed by atoms with van der Waals surface area (Å²) in [5.74, 6) is -0.0517. The first-order chi connectivity index (χ1) is 15.9. The summed E-state index contributed by atoms with van der Waals surface area (Å²) in [6, 6.07) is 13.2. The topological polar surface area (TPSA) is 99.2 Å². The Bertz CT molecular complexity index is 1070. The first-order valence-corrected chi connectivity index (χ1v) is 11.3. The molecule has 2 atom stereocenters.